The molecule has 1 aromatic rings. The molecule has 20 heavy (non-hydrogen) atoms. The molecule has 0 bridgehead atoms. The molecule has 3 heteroatoms. The maximum absolute atomic E-state index is 14.3. The van der Waals surface area contributed by atoms with Crippen molar-refractivity contribution in [3.8, 4) is 0 Å². The normalized spacial score (nSPS) is 26.9. The summed E-state index contributed by atoms with van der Waals surface area (Å²) in [4.78, 5) is 2.28. The van der Waals surface area contributed by atoms with Gasteiger partial charge in [-0.25, -0.2) is 4.39 Å². The Balaban J connectivity index is 1.84. The fourth-order valence-corrected chi connectivity index (χ4v) is 3.92. The van der Waals surface area contributed by atoms with Crippen LogP contribution in [0.1, 0.15) is 38.2 Å². The van der Waals surface area contributed by atoms with E-state index < -0.39 is 0 Å². The highest BCUT2D eigenvalue weighted by molar-refractivity contribution is 5.56. The van der Waals surface area contributed by atoms with Crippen molar-refractivity contribution in [3.05, 3.63) is 29.6 Å². The van der Waals surface area contributed by atoms with E-state index in [1.807, 2.05) is 12.1 Å². The number of nitrogens with zero attached hydrogens (tertiary/aromatic N) is 1. The van der Waals surface area contributed by atoms with Gasteiger partial charge in [0, 0.05) is 19.1 Å². The highest BCUT2D eigenvalue weighted by Gasteiger charge is 2.37. The molecule has 0 amide bonds. The Bertz CT molecular complexity index is 462. The van der Waals surface area contributed by atoms with Crippen LogP contribution in [0.15, 0.2) is 18.2 Å². The molecule has 0 spiro atoms. The summed E-state index contributed by atoms with van der Waals surface area (Å²) in [7, 11) is 0. The summed E-state index contributed by atoms with van der Waals surface area (Å²) in [5.41, 5.74) is 7.98. The third kappa shape index (κ3) is 2.56. The van der Waals surface area contributed by atoms with Crippen LogP contribution in [0.2, 0.25) is 0 Å². The van der Waals surface area contributed by atoms with Gasteiger partial charge in [-0.3, -0.25) is 0 Å². The van der Waals surface area contributed by atoms with Crippen LogP contribution in [0.5, 0.6) is 0 Å². The van der Waals surface area contributed by atoms with E-state index in [0.29, 0.717) is 0 Å². The second-order valence-electron chi connectivity index (χ2n) is 6.48. The molecular weight excluding hydrogens is 251 g/mol. The zero-order valence-electron chi connectivity index (χ0n) is 12.3. The fourth-order valence-electron chi connectivity index (χ4n) is 3.92. The van der Waals surface area contributed by atoms with Crippen LogP contribution in [0, 0.1) is 17.7 Å². The monoisotopic (exact) mass is 276 g/mol. The van der Waals surface area contributed by atoms with Crippen molar-refractivity contribution in [1.29, 1.82) is 0 Å². The minimum atomic E-state index is -0.0780. The van der Waals surface area contributed by atoms with Gasteiger partial charge in [-0.15, -0.1) is 0 Å². The Hall–Kier alpha value is -1.09. The van der Waals surface area contributed by atoms with E-state index in [9.17, 15) is 4.39 Å². The molecule has 0 radical (unpaired) electrons. The highest BCUT2D eigenvalue weighted by atomic mass is 19.1. The summed E-state index contributed by atoms with van der Waals surface area (Å²) in [6.07, 6.45) is 5.70. The summed E-state index contributed by atoms with van der Waals surface area (Å²) < 4.78 is 14.3. The third-order valence-corrected chi connectivity index (χ3v) is 5.12. The van der Waals surface area contributed by atoms with Gasteiger partial charge in [0.2, 0.25) is 0 Å². The van der Waals surface area contributed by atoms with Crippen molar-refractivity contribution >= 4 is 5.69 Å². The van der Waals surface area contributed by atoms with E-state index in [0.717, 1.165) is 49.0 Å². The zero-order valence-corrected chi connectivity index (χ0v) is 12.3. The molecule has 2 N–H and O–H groups in total. The average Bonchev–Trinajstić information content (AvgIpc) is 2.99. The molecule has 1 aromatic carbocycles. The minimum Gasteiger partial charge on any atom is -0.368 e. The van der Waals surface area contributed by atoms with Crippen molar-refractivity contribution in [2.24, 2.45) is 17.6 Å². The second-order valence-corrected chi connectivity index (χ2v) is 6.48. The number of hydrogen-bond acceptors (Lipinski definition) is 2. The smallest absolute Gasteiger partial charge is 0.146 e. The summed E-state index contributed by atoms with van der Waals surface area (Å²) in [5.74, 6) is 1.48. The Morgan fingerprint density at radius 3 is 2.65 bits per heavy atom. The summed E-state index contributed by atoms with van der Waals surface area (Å²) in [6, 6.07) is 5.57. The molecule has 1 saturated heterocycles. The van der Waals surface area contributed by atoms with Gasteiger partial charge in [0.15, 0.2) is 0 Å². The van der Waals surface area contributed by atoms with Gasteiger partial charge in [0.25, 0.3) is 0 Å². The maximum atomic E-state index is 14.3. The lowest BCUT2D eigenvalue weighted by molar-refractivity contribution is 0.494. The van der Waals surface area contributed by atoms with Gasteiger partial charge in [-0.2, -0.15) is 0 Å². The SMILES string of the molecule is CCC(N)Cc1cccc(F)c1N1CC2CCCC2C1. The molecule has 0 aromatic heterocycles. The van der Waals surface area contributed by atoms with Crippen LogP contribution in [-0.4, -0.2) is 19.1 Å². The molecule has 110 valence electrons. The van der Waals surface area contributed by atoms with Crippen LogP contribution < -0.4 is 10.6 Å². The first-order chi connectivity index (χ1) is 9.69. The van der Waals surface area contributed by atoms with Gasteiger partial charge < -0.3 is 10.6 Å². The van der Waals surface area contributed by atoms with E-state index >= 15 is 0 Å². The van der Waals surface area contributed by atoms with Crippen LogP contribution in [0.4, 0.5) is 10.1 Å². The van der Waals surface area contributed by atoms with Gasteiger partial charge in [-0.05, 0) is 49.1 Å². The summed E-state index contributed by atoms with van der Waals surface area (Å²) >= 11 is 0. The topological polar surface area (TPSA) is 29.3 Å². The number of para-hydroxylation sites is 1. The number of rotatable bonds is 4. The standard InChI is InChI=1S/C17H25FN2/c1-2-15(19)9-12-5-4-8-16(18)17(12)20-10-13-6-3-7-14(13)11-20/h4-5,8,13-15H,2-3,6-7,9-11,19H2,1H3. The minimum absolute atomic E-state index is 0.0780. The van der Waals surface area contributed by atoms with Crippen molar-refractivity contribution < 1.29 is 4.39 Å². The fraction of sp³-hybridized carbons (Fsp3) is 0.647. The first-order valence-corrected chi connectivity index (χ1v) is 7.97. The largest absolute Gasteiger partial charge is 0.368 e. The maximum Gasteiger partial charge on any atom is 0.146 e. The number of fused-ring (bicyclic) bond motifs is 1. The van der Waals surface area contributed by atoms with Crippen LogP contribution in [-0.2, 0) is 6.42 Å². The van der Waals surface area contributed by atoms with E-state index in [4.69, 9.17) is 5.73 Å². The molecule has 1 saturated carbocycles. The van der Waals surface area contributed by atoms with Crippen LogP contribution in [0.3, 0.4) is 0 Å². The molecule has 3 rings (SSSR count). The van der Waals surface area contributed by atoms with E-state index in [1.54, 1.807) is 6.07 Å². The summed E-state index contributed by atoms with van der Waals surface area (Å²) in [6.45, 7) is 4.14. The molecule has 3 atom stereocenters. The number of nitrogens with two attached hydrogens (primary N) is 1. The predicted molar refractivity (Wildman–Crippen MR) is 81.4 cm³/mol. The number of hydrogen-bond donors (Lipinski definition) is 1. The zero-order chi connectivity index (χ0) is 14.1. The van der Waals surface area contributed by atoms with Gasteiger partial charge in [0.05, 0.1) is 5.69 Å². The third-order valence-electron chi connectivity index (χ3n) is 5.12. The number of halogens is 1. The van der Waals surface area contributed by atoms with E-state index in [2.05, 4.69) is 11.8 Å². The molecule has 1 aliphatic carbocycles. The van der Waals surface area contributed by atoms with E-state index in [-0.39, 0.29) is 11.9 Å². The Morgan fingerprint density at radius 1 is 1.30 bits per heavy atom. The lowest BCUT2D eigenvalue weighted by atomic mass is 10.0. The lowest BCUT2D eigenvalue weighted by Crippen LogP contribution is -2.26. The van der Waals surface area contributed by atoms with E-state index in [1.165, 1.54) is 19.3 Å². The van der Waals surface area contributed by atoms with Crippen molar-refractivity contribution in [2.45, 2.75) is 45.1 Å². The first kappa shape index (κ1) is 13.9. The lowest BCUT2D eigenvalue weighted by Gasteiger charge is -2.24. The Kier molecular flexibility index (Phi) is 3.97. The van der Waals surface area contributed by atoms with Crippen LogP contribution >= 0.6 is 0 Å². The molecule has 1 heterocycles. The van der Waals surface area contributed by atoms with Crippen LogP contribution in [0.25, 0.3) is 0 Å². The van der Waals surface area contributed by atoms with Gasteiger partial charge in [-0.1, -0.05) is 25.5 Å². The highest BCUT2D eigenvalue weighted by Crippen LogP contribution is 2.41. The quantitative estimate of drug-likeness (QED) is 0.914. The van der Waals surface area contributed by atoms with Gasteiger partial charge in [0.1, 0.15) is 5.82 Å². The van der Waals surface area contributed by atoms with Crippen molar-refractivity contribution in [1.82, 2.24) is 0 Å². The van der Waals surface area contributed by atoms with Crippen molar-refractivity contribution in [3.63, 3.8) is 0 Å². The molecule has 1 aliphatic heterocycles. The number of anilines is 1. The first-order valence-electron chi connectivity index (χ1n) is 7.97. The molecule has 2 aliphatic rings. The molecule has 3 unspecified atom stereocenters. The van der Waals surface area contributed by atoms with Crippen molar-refractivity contribution in [2.75, 3.05) is 18.0 Å². The molecular formula is C17H25FN2. The second kappa shape index (κ2) is 5.72. The average molecular weight is 276 g/mol. The van der Waals surface area contributed by atoms with Gasteiger partial charge >= 0.3 is 0 Å². The Morgan fingerprint density at radius 2 is 2.00 bits per heavy atom. The Labute approximate surface area is 121 Å². The molecule has 2 fully saturated rings. The summed E-state index contributed by atoms with van der Waals surface area (Å²) in [5, 5.41) is 0. The number of benzene rings is 1. The molecule has 2 nitrogen and oxygen atoms in total. The predicted octanol–water partition coefficient (Wildman–Crippen LogP) is 3.34.